The molecule has 2 rings (SSSR count). The molecule has 0 saturated carbocycles. The van der Waals surface area contributed by atoms with Gasteiger partial charge >= 0.3 is 0 Å². The van der Waals surface area contributed by atoms with Gasteiger partial charge in [-0.2, -0.15) is 0 Å². The predicted octanol–water partition coefficient (Wildman–Crippen LogP) is 1.95. The van der Waals surface area contributed by atoms with Gasteiger partial charge in [-0.05, 0) is 5.92 Å². The maximum Gasteiger partial charge on any atom is 0.173 e. The summed E-state index contributed by atoms with van der Waals surface area (Å²) in [4.78, 5) is 0. The Hall–Kier alpha value is -0.120. The lowest BCUT2D eigenvalue weighted by atomic mass is 10.0. The summed E-state index contributed by atoms with van der Waals surface area (Å²) in [5.74, 6) is 0.295. The summed E-state index contributed by atoms with van der Waals surface area (Å²) in [5, 5.41) is 0. The fourth-order valence-corrected chi connectivity index (χ4v) is 2.07. The van der Waals surface area contributed by atoms with E-state index >= 15 is 0 Å². The minimum Gasteiger partial charge on any atom is -0.381 e. The highest BCUT2D eigenvalue weighted by Gasteiger charge is 2.43. The van der Waals surface area contributed by atoms with Gasteiger partial charge in [0.25, 0.3) is 0 Å². The first-order valence-electron chi connectivity index (χ1n) is 5.65. The van der Waals surface area contributed by atoms with Crippen LogP contribution in [0, 0.1) is 5.92 Å². The molecule has 0 bridgehead atoms. The topological polar surface area (TPSA) is 27.7 Å². The molecule has 2 atom stereocenters. The van der Waals surface area contributed by atoms with Crippen molar-refractivity contribution in [3.05, 3.63) is 0 Å². The zero-order valence-electron chi connectivity index (χ0n) is 9.12. The van der Waals surface area contributed by atoms with Gasteiger partial charge in [-0.25, -0.2) is 0 Å². The third kappa shape index (κ3) is 1.95. The van der Waals surface area contributed by atoms with Crippen LogP contribution in [0.5, 0.6) is 0 Å². The summed E-state index contributed by atoms with van der Waals surface area (Å²) < 4.78 is 17.2. The molecule has 0 aliphatic carbocycles. The van der Waals surface area contributed by atoms with Crippen molar-refractivity contribution in [1.29, 1.82) is 0 Å². The van der Waals surface area contributed by atoms with E-state index in [-0.39, 0.29) is 11.9 Å². The highest BCUT2D eigenvalue weighted by molar-refractivity contribution is 4.83. The first-order chi connectivity index (χ1) is 6.76. The van der Waals surface area contributed by atoms with Crippen molar-refractivity contribution in [3.63, 3.8) is 0 Å². The Labute approximate surface area is 85.7 Å². The molecule has 2 aliphatic rings. The van der Waals surface area contributed by atoms with Crippen LogP contribution in [-0.4, -0.2) is 31.7 Å². The third-order valence-corrected chi connectivity index (χ3v) is 3.41. The molecule has 2 saturated heterocycles. The van der Waals surface area contributed by atoms with E-state index in [1.54, 1.807) is 0 Å². The maximum absolute atomic E-state index is 6.04. The summed E-state index contributed by atoms with van der Waals surface area (Å²) in [5.41, 5.74) is 0. The highest BCUT2D eigenvalue weighted by Crippen LogP contribution is 2.35. The van der Waals surface area contributed by atoms with Crippen LogP contribution in [0.4, 0.5) is 0 Å². The summed E-state index contributed by atoms with van der Waals surface area (Å²) in [6.45, 7) is 6.73. The van der Waals surface area contributed by atoms with Crippen molar-refractivity contribution in [3.8, 4) is 0 Å². The molecule has 82 valence electrons. The SMILES string of the molecule is CCC(C)C1COC2(CCOCC2)O1. The maximum atomic E-state index is 6.04. The number of hydrogen-bond donors (Lipinski definition) is 0. The second-order valence-corrected chi connectivity index (χ2v) is 4.38. The van der Waals surface area contributed by atoms with E-state index in [9.17, 15) is 0 Å². The van der Waals surface area contributed by atoms with Gasteiger partial charge in [-0.3, -0.25) is 0 Å². The largest absolute Gasteiger partial charge is 0.381 e. The molecule has 0 radical (unpaired) electrons. The van der Waals surface area contributed by atoms with Crippen molar-refractivity contribution >= 4 is 0 Å². The first-order valence-corrected chi connectivity index (χ1v) is 5.65. The fourth-order valence-electron chi connectivity index (χ4n) is 2.07. The molecule has 0 aromatic rings. The molecular weight excluding hydrogens is 180 g/mol. The van der Waals surface area contributed by atoms with Crippen LogP contribution < -0.4 is 0 Å². The molecule has 2 heterocycles. The molecule has 0 N–H and O–H groups in total. The van der Waals surface area contributed by atoms with Crippen molar-refractivity contribution in [2.45, 2.75) is 45.0 Å². The molecule has 1 spiro atoms. The zero-order chi connectivity index (χ0) is 10.0. The molecular formula is C11H20O3. The molecule has 0 amide bonds. The van der Waals surface area contributed by atoms with Crippen LogP contribution in [-0.2, 0) is 14.2 Å². The van der Waals surface area contributed by atoms with Gasteiger partial charge in [-0.15, -0.1) is 0 Å². The molecule has 2 fully saturated rings. The minimum absolute atomic E-state index is 0.290. The Balaban J connectivity index is 1.92. The summed E-state index contributed by atoms with van der Waals surface area (Å²) in [7, 11) is 0. The molecule has 0 aromatic carbocycles. The van der Waals surface area contributed by atoms with Crippen molar-refractivity contribution < 1.29 is 14.2 Å². The summed E-state index contributed by atoms with van der Waals surface area (Å²) >= 11 is 0. The van der Waals surface area contributed by atoms with Crippen LogP contribution in [0.1, 0.15) is 33.1 Å². The molecule has 3 heteroatoms. The number of ether oxygens (including phenoxy) is 3. The van der Waals surface area contributed by atoms with E-state index in [1.807, 2.05) is 0 Å². The Morgan fingerprint density at radius 3 is 2.71 bits per heavy atom. The van der Waals surface area contributed by atoms with E-state index in [2.05, 4.69) is 13.8 Å². The Kier molecular flexibility index (Phi) is 3.10. The lowest BCUT2D eigenvalue weighted by Crippen LogP contribution is -2.38. The molecule has 0 aromatic heterocycles. The standard InChI is InChI=1S/C11H20O3/c1-3-9(2)10-8-13-11(14-10)4-6-12-7-5-11/h9-10H,3-8H2,1-2H3. The summed E-state index contributed by atoms with van der Waals surface area (Å²) in [6, 6.07) is 0. The van der Waals surface area contributed by atoms with Gasteiger partial charge in [0.15, 0.2) is 5.79 Å². The van der Waals surface area contributed by atoms with Gasteiger partial charge in [0.1, 0.15) is 0 Å². The third-order valence-electron chi connectivity index (χ3n) is 3.41. The van der Waals surface area contributed by atoms with E-state index in [4.69, 9.17) is 14.2 Å². The second-order valence-electron chi connectivity index (χ2n) is 4.38. The average Bonchev–Trinajstić information content (AvgIpc) is 2.62. The fraction of sp³-hybridized carbons (Fsp3) is 1.00. The molecule has 2 aliphatic heterocycles. The van der Waals surface area contributed by atoms with E-state index in [1.165, 1.54) is 0 Å². The van der Waals surface area contributed by atoms with Crippen LogP contribution >= 0.6 is 0 Å². The van der Waals surface area contributed by atoms with Crippen molar-refractivity contribution in [1.82, 2.24) is 0 Å². The molecule has 3 nitrogen and oxygen atoms in total. The average molecular weight is 200 g/mol. The van der Waals surface area contributed by atoms with Gasteiger partial charge in [0.05, 0.1) is 25.9 Å². The highest BCUT2D eigenvalue weighted by atomic mass is 16.7. The monoisotopic (exact) mass is 200 g/mol. The summed E-state index contributed by atoms with van der Waals surface area (Å²) in [6.07, 6.45) is 3.22. The van der Waals surface area contributed by atoms with Crippen molar-refractivity contribution in [2.75, 3.05) is 19.8 Å². The Morgan fingerprint density at radius 1 is 1.36 bits per heavy atom. The smallest absolute Gasteiger partial charge is 0.173 e. The molecule has 2 unspecified atom stereocenters. The van der Waals surface area contributed by atoms with E-state index in [0.717, 1.165) is 39.1 Å². The van der Waals surface area contributed by atoms with Crippen LogP contribution in [0.3, 0.4) is 0 Å². The normalized spacial score (nSPS) is 33.4. The van der Waals surface area contributed by atoms with Gasteiger partial charge in [-0.1, -0.05) is 20.3 Å². The van der Waals surface area contributed by atoms with Crippen LogP contribution in [0.2, 0.25) is 0 Å². The Morgan fingerprint density at radius 2 is 2.07 bits per heavy atom. The van der Waals surface area contributed by atoms with Crippen molar-refractivity contribution in [2.24, 2.45) is 5.92 Å². The zero-order valence-corrected chi connectivity index (χ0v) is 9.12. The second kappa shape index (κ2) is 4.17. The number of hydrogen-bond acceptors (Lipinski definition) is 3. The first kappa shape index (κ1) is 10.4. The van der Waals surface area contributed by atoms with Gasteiger partial charge < -0.3 is 14.2 Å². The number of rotatable bonds is 2. The molecule has 14 heavy (non-hydrogen) atoms. The van der Waals surface area contributed by atoms with Crippen LogP contribution in [0.15, 0.2) is 0 Å². The predicted molar refractivity (Wildman–Crippen MR) is 53.1 cm³/mol. The van der Waals surface area contributed by atoms with Gasteiger partial charge in [0, 0.05) is 12.8 Å². The quantitative estimate of drug-likeness (QED) is 0.682. The Bertz CT molecular complexity index is 187. The van der Waals surface area contributed by atoms with Crippen LogP contribution in [0.25, 0.3) is 0 Å². The lowest BCUT2D eigenvalue weighted by molar-refractivity contribution is -0.214. The van der Waals surface area contributed by atoms with Gasteiger partial charge in [0.2, 0.25) is 0 Å². The van der Waals surface area contributed by atoms with E-state index < -0.39 is 0 Å². The lowest BCUT2D eigenvalue weighted by Gasteiger charge is -2.32. The van der Waals surface area contributed by atoms with E-state index in [0.29, 0.717) is 5.92 Å². The minimum atomic E-state index is -0.299.